The second kappa shape index (κ2) is 6.91. The van der Waals surface area contributed by atoms with Gasteiger partial charge in [0.25, 0.3) is 0 Å². The van der Waals surface area contributed by atoms with E-state index in [0.29, 0.717) is 30.9 Å². The van der Waals surface area contributed by atoms with Gasteiger partial charge in [-0.1, -0.05) is 6.07 Å². The third-order valence-corrected chi connectivity index (χ3v) is 2.24. The SMILES string of the molecule is CCOC(=O)c1ccc(CCO)cc1OCC. The first-order valence-electron chi connectivity index (χ1n) is 5.76. The highest BCUT2D eigenvalue weighted by atomic mass is 16.5. The Kier molecular flexibility index (Phi) is 5.49. The zero-order valence-electron chi connectivity index (χ0n) is 10.2. The molecule has 0 saturated heterocycles. The molecule has 4 heteroatoms. The summed E-state index contributed by atoms with van der Waals surface area (Å²) in [5.41, 5.74) is 1.36. The first-order valence-corrected chi connectivity index (χ1v) is 5.76. The van der Waals surface area contributed by atoms with Gasteiger partial charge in [0.2, 0.25) is 0 Å². The number of esters is 1. The molecule has 0 atom stereocenters. The molecule has 94 valence electrons. The molecule has 1 aromatic carbocycles. The van der Waals surface area contributed by atoms with Gasteiger partial charge in [-0.15, -0.1) is 0 Å². The number of aliphatic hydroxyl groups is 1. The Labute approximate surface area is 101 Å². The molecule has 4 nitrogen and oxygen atoms in total. The van der Waals surface area contributed by atoms with Crippen LogP contribution in [0.25, 0.3) is 0 Å². The van der Waals surface area contributed by atoms with Crippen molar-refractivity contribution in [3.63, 3.8) is 0 Å². The van der Waals surface area contributed by atoms with Crippen LogP contribution in [0.1, 0.15) is 29.8 Å². The van der Waals surface area contributed by atoms with Crippen LogP contribution < -0.4 is 4.74 Å². The molecule has 1 aromatic rings. The zero-order valence-corrected chi connectivity index (χ0v) is 10.2. The van der Waals surface area contributed by atoms with Crippen molar-refractivity contribution in [2.75, 3.05) is 19.8 Å². The summed E-state index contributed by atoms with van der Waals surface area (Å²) in [4.78, 5) is 11.7. The third-order valence-electron chi connectivity index (χ3n) is 2.24. The fourth-order valence-electron chi connectivity index (χ4n) is 1.50. The van der Waals surface area contributed by atoms with Crippen molar-refractivity contribution < 1.29 is 19.4 Å². The van der Waals surface area contributed by atoms with Crippen LogP contribution in [0, 0.1) is 0 Å². The molecule has 0 aromatic heterocycles. The molecule has 0 bridgehead atoms. The van der Waals surface area contributed by atoms with Crippen molar-refractivity contribution in [2.24, 2.45) is 0 Å². The number of carbonyl (C=O) groups is 1. The number of carbonyl (C=O) groups excluding carboxylic acids is 1. The molecule has 0 spiro atoms. The maximum Gasteiger partial charge on any atom is 0.341 e. The van der Waals surface area contributed by atoms with E-state index in [4.69, 9.17) is 14.6 Å². The van der Waals surface area contributed by atoms with Crippen molar-refractivity contribution in [3.8, 4) is 5.75 Å². The fourth-order valence-corrected chi connectivity index (χ4v) is 1.50. The first kappa shape index (κ1) is 13.5. The van der Waals surface area contributed by atoms with Gasteiger partial charge in [-0.2, -0.15) is 0 Å². The van der Waals surface area contributed by atoms with Crippen molar-refractivity contribution >= 4 is 5.97 Å². The zero-order chi connectivity index (χ0) is 12.7. The molecule has 0 unspecified atom stereocenters. The molecule has 1 N–H and O–H groups in total. The molecule has 0 aliphatic rings. The maximum absolute atomic E-state index is 11.7. The smallest absolute Gasteiger partial charge is 0.341 e. The average molecular weight is 238 g/mol. The minimum atomic E-state index is -0.383. The topological polar surface area (TPSA) is 55.8 Å². The maximum atomic E-state index is 11.7. The monoisotopic (exact) mass is 238 g/mol. The van der Waals surface area contributed by atoms with Crippen LogP contribution >= 0.6 is 0 Å². The van der Waals surface area contributed by atoms with Gasteiger partial charge in [0.1, 0.15) is 11.3 Å². The summed E-state index contributed by atoms with van der Waals surface area (Å²) >= 11 is 0. The molecule has 0 aliphatic carbocycles. The highest BCUT2D eigenvalue weighted by Gasteiger charge is 2.13. The summed E-state index contributed by atoms with van der Waals surface area (Å²) in [5.74, 6) is 0.128. The van der Waals surface area contributed by atoms with E-state index in [-0.39, 0.29) is 12.6 Å². The van der Waals surface area contributed by atoms with E-state index in [2.05, 4.69) is 0 Å². The standard InChI is InChI=1S/C13H18O4/c1-3-16-12-9-10(7-8-14)5-6-11(12)13(15)17-4-2/h5-6,9,14H,3-4,7-8H2,1-2H3. The largest absolute Gasteiger partial charge is 0.493 e. The molecular formula is C13H18O4. The number of ether oxygens (including phenoxy) is 2. The quantitative estimate of drug-likeness (QED) is 0.768. The highest BCUT2D eigenvalue weighted by Crippen LogP contribution is 2.22. The molecule has 0 amide bonds. The Bertz CT molecular complexity index is 374. The molecule has 0 radical (unpaired) electrons. The Morgan fingerprint density at radius 3 is 2.65 bits per heavy atom. The Morgan fingerprint density at radius 1 is 1.29 bits per heavy atom. The van der Waals surface area contributed by atoms with Crippen LogP contribution in [0.5, 0.6) is 5.75 Å². The second-order valence-corrected chi connectivity index (χ2v) is 3.46. The average Bonchev–Trinajstić information content (AvgIpc) is 2.30. The van der Waals surface area contributed by atoms with Gasteiger partial charge in [0, 0.05) is 6.61 Å². The van der Waals surface area contributed by atoms with Gasteiger partial charge in [0.05, 0.1) is 13.2 Å². The minimum Gasteiger partial charge on any atom is -0.493 e. The first-order chi connectivity index (χ1) is 8.22. The molecule has 1 rings (SSSR count). The number of hydrogen-bond donors (Lipinski definition) is 1. The highest BCUT2D eigenvalue weighted by molar-refractivity contribution is 5.92. The number of hydrogen-bond acceptors (Lipinski definition) is 4. The summed E-state index contributed by atoms with van der Waals surface area (Å²) in [6, 6.07) is 5.24. The molecule has 0 aliphatic heterocycles. The van der Waals surface area contributed by atoms with Gasteiger partial charge in [-0.05, 0) is 38.0 Å². The predicted molar refractivity (Wildman–Crippen MR) is 64.4 cm³/mol. The number of aliphatic hydroxyl groups excluding tert-OH is 1. The Morgan fingerprint density at radius 2 is 2.06 bits per heavy atom. The molecule has 0 heterocycles. The minimum absolute atomic E-state index is 0.0737. The number of rotatable bonds is 6. The molecule has 0 saturated carbocycles. The Balaban J connectivity index is 2.98. The van der Waals surface area contributed by atoms with E-state index in [1.165, 1.54) is 0 Å². The summed E-state index contributed by atoms with van der Waals surface area (Å²) in [6.45, 7) is 4.51. The van der Waals surface area contributed by atoms with E-state index in [9.17, 15) is 4.79 Å². The normalized spacial score (nSPS) is 10.1. The van der Waals surface area contributed by atoms with Crippen molar-refractivity contribution in [1.29, 1.82) is 0 Å². The van der Waals surface area contributed by atoms with Crippen LogP contribution in [-0.2, 0) is 11.2 Å². The lowest BCUT2D eigenvalue weighted by Crippen LogP contribution is -2.08. The number of benzene rings is 1. The van der Waals surface area contributed by atoms with Gasteiger partial charge in [-0.25, -0.2) is 4.79 Å². The van der Waals surface area contributed by atoms with Crippen LogP contribution in [0.15, 0.2) is 18.2 Å². The van der Waals surface area contributed by atoms with Gasteiger partial charge in [-0.3, -0.25) is 0 Å². The fraction of sp³-hybridized carbons (Fsp3) is 0.462. The van der Waals surface area contributed by atoms with Crippen LogP contribution in [0.3, 0.4) is 0 Å². The van der Waals surface area contributed by atoms with Gasteiger partial charge in [0.15, 0.2) is 0 Å². The lowest BCUT2D eigenvalue weighted by Gasteiger charge is -2.11. The molecule has 0 fully saturated rings. The molecule has 17 heavy (non-hydrogen) atoms. The van der Waals surface area contributed by atoms with Gasteiger partial charge >= 0.3 is 5.97 Å². The summed E-state index contributed by atoms with van der Waals surface area (Å²) in [6.07, 6.45) is 0.545. The van der Waals surface area contributed by atoms with E-state index < -0.39 is 0 Å². The summed E-state index contributed by atoms with van der Waals surface area (Å²) in [7, 11) is 0. The van der Waals surface area contributed by atoms with Crippen LogP contribution in [0.2, 0.25) is 0 Å². The van der Waals surface area contributed by atoms with Crippen molar-refractivity contribution in [1.82, 2.24) is 0 Å². The molecular weight excluding hydrogens is 220 g/mol. The van der Waals surface area contributed by atoms with E-state index in [1.807, 2.05) is 6.92 Å². The second-order valence-electron chi connectivity index (χ2n) is 3.46. The van der Waals surface area contributed by atoms with Crippen molar-refractivity contribution in [3.05, 3.63) is 29.3 Å². The van der Waals surface area contributed by atoms with Crippen LogP contribution in [-0.4, -0.2) is 30.9 Å². The predicted octanol–water partition coefficient (Wildman–Crippen LogP) is 1.80. The summed E-state index contributed by atoms with van der Waals surface area (Å²) in [5, 5.41) is 8.87. The lowest BCUT2D eigenvalue weighted by molar-refractivity contribution is 0.0522. The summed E-state index contributed by atoms with van der Waals surface area (Å²) < 4.78 is 10.4. The van der Waals surface area contributed by atoms with E-state index in [0.717, 1.165) is 5.56 Å². The lowest BCUT2D eigenvalue weighted by atomic mass is 10.1. The van der Waals surface area contributed by atoms with E-state index in [1.54, 1.807) is 25.1 Å². The Hall–Kier alpha value is -1.55. The third kappa shape index (κ3) is 3.75. The van der Waals surface area contributed by atoms with E-state index >= 15 is 0 Å². The van der Waals surface area contributed by atoms with Crippen LogP contribution in [0.4, 0.5) is 0 Å². The van der Waals surface area contributed by atoms with Gasteiger partial charge < -0.3 is 14.6 Å². The van der Waals surface area contributed by atoms with Crippen molar-refractivity contribution in [2.45, 2.75) is 20.3 Å².